The van der Waals surface area contributed by atoms with E-state index in [1.165, 1.54) is 13.2 Å². The number of benzene rings is 1. The molecule has 3 heteroatoms. The van der Waals surface area contributed by atoms with E-state index in [2.05, 4.69) is 0 Å². The van der Waals surface area contributed by atoms with Gasteiger partial charge in [-0.25, -0.2) is 4.39 Å². The van der Waals surface area contributed by atoms with E-state index in [0.29, 0.717) is 12.0 Å². The molecule has 1 aromatic rings. The second kappa shape index (κ2) is 4.74. The van der Waals surface area contributed by atoms with Crippen LogP contribution in [0.3, 0.4) is 0 Å². The molecule has 0 spiro atoms. The van der Waals surface area contributed by atoms with Crippen molar-refractivity contribution in [3.8, 4) is 5.75 Å². The maximum absolute atomic E-state index is 13.5. The topological polar surface area (TPSA) is 26.3 Å². The van der Waals surface area contributed by atoms with Crippen LogP contribution in [0.25, 0.3) is 0 Å². The number of rotatable bonds is 4. The summed E-state index contributed by atoms with van der Waals surface area (Å²) in [4.78, 5) is 11.1. The van der Waals surface area contributed by atoms with E-state index in [1.54, 1.807) is 19.1 Å². The lowest BCUT2D eigenvalue weighted by atomic mass is 10.1. The number of ketones is 1. The quantitative estimate of drug-likeness (QED) is 0.738. The number of methoxy groups -OCH3 is 1. The van der Waals surface area contributed by atoms with Gasteiger partial charge in [-0.15, -0.1) is 0 Å². The van der Waals surface area contributed by atoms with Gasteiger partial charge in [0.1, 0.15) is 5.78 Å². The van der Waals surface area contributed by atoms with Gasteiger partial charge in [0.25, 0.3) is 0 Å². The highest BCUT2D eigenvalue weighted by Gasteiger charge is 2.10. The minimum atomic E-state index is -0.434. The Kier molecular flexibility index (Phi) is 3.63. The number of hydrogen-bond acceptors (Lipinski definition) is 2. The molecule has 0 atom stereocenters. The van der Waals surface area contributed by atoms with Crippen LogP contribution >= 0.6 is 0 Å². The van der Waals surface area contributed by atoms with E-state index in [9.17, 15) is 9.18 Å². The van der Waals surface area contributed by atoms with Crippen molar-refractivity contribution in [1.29, 1.82) is 0 Å². The maximum atomic E-state index is 13.5. The number of halogens is 1. The molecule has 0 heterocycles. The fourth-order valence-electron chi connectivity index (χ4n) is 1.19. The highest BCUT2D eigenvalue weighted by Crippen LogP contribution is 2.20. The van der Waals surface area contributed by atoms with Gasteiger partial charge in [0.15, 0.2) is 11.6 Å². The summed E-state index contributed by atoms with van der Waals surface area (Å²) in [6.07, 6.45) is 0.566. The van der Waals surface area contributed by atoms with Crippen molar-refractivity contribution in [1.82, 2.24) is 0 Å². The first-order valence-corrected chi connectivity index (χ1v) is 4.52. The molecule has 0 saturated carbocycles. The molecule has 0 radical (unpaired) electrons. The fraction of sp³-hybridized carbons (Fsp3) is 0.364. The zero-order valence-electron chi connectivity index (χ0n) is 8.34. The predicted molar refractivity (Wildman–Crippen MR) is 52.0 cm³/mol. The summed E-state index contributed by atoms with van der Waals surface area (Å²) in [5, 5.41) is 0. The Morgan fingerprint density at radius 3 is 2.79 bits per heavy atom. The largest absolute Gasteiger partial charge is 0.494 e. The number of Topliss-reactive ketones (excluding diaryl/α,β-unsaturated/α-hetero) is 1. The standard InChI is InChI=1S/C11H13FO2/c1-3-9(13)7-8-5-4-6-10(14-2)11(8)12/h4-6H,3,7H2,1-2H3. The first-order valence-electron chi connectivity index (χ1n) is 4.52. The van der Waals surface area contributed by atoms with Gasteiger partial charge in [-0.05, 0) is 11.6 Å². The van der Waals surface area contributed by atoms with Gasteiger partial charge in [-0.2, -0.15) is 0 Å². The molecule has 0 aliphatic rings. The number of carbonyl (C=O) groups is 1. The average molecular weight is 196 g/mol. The van der Waals surface area contributed by atoms with E-state index in [-0.39, 0.29) is 18.0 Å². The van der Waals surface area contributed by atoms with Crippen molar-refractivity contribution in [3.63, 3.8) is 0 Å². The third-order valence-corrected chi connectivity index (χ3v) is 2.05. The Bertz CT molecular complexity index is 334. The molecule has 1 rings (SSSR count). The van der Waals surface area contributed by atoms with Crippen molar-refractivity contribution in [2.45, 2.75) is 19.8 Å². The van der Waals surface area contributed by atoms with Crippen molar-refractivity contribution in [2.24, 2.45) is 0 Å². The molecule has 0 unspecified atom stereocenters. The Labute approximate surface area is 82.7 Å². The van der Waals surface area contributed by atoms with Gasteiger partial charge < -0.3 is 4.74 Å². The van der Waals surface area contributed by atoms with E-state index < -0.39 is 5.82 Å². The number of ether oxygens (including phenoxy) is 1. The van der Waals surface area contributed by atoms with E-state index >= 15 is 0 Å². The van der Waals surface area contributed by atoms with Crippen LogP contribution in [0.4, 0.5) is 4.39 Å². The number of carbonyl (C=O) groups excluding carboxylic acids is 1. The van der Waals surface area contributed by atoms with Gasteiger partial charge in [0.2, 0.25) is 0 Å². The normalized spacial score (nSPS) is 9.93. The van der Waals surface area contributed by atoms with Crippen LogP contribution < -0.4 is 4.74 Å². The lowest BCUT2D eigenvalue weighted by Crippen LogP contribution is -2.03. The molecule has 0 bridgehead atoms. The van der Waals surface area contributed by atoms with Crippen molar-refractivity contribution < 1.29 is 13.9 Å². The maximum Gasteiger partial charge on any atom is 0.168 e. The van der Waals surface area contributed by atoms with Crippen LogP contribution in [0.5, 0.6) is 5.75 Å². The monoisotopic (exact) mass is 196 g/mol. The smallest absolute Gasteiger partial charge is 0.168 e. The summed E-state index contributed by atoms with van der Waals surface area (Å²) in [6.45, 7) is 1.76. The second-order valence-corrected chi connectivity index (χ2v) is 3.00. The van der Waals surface area contributed by atoms with Gasteiger partial charge in [-0.1, -0.05) is 19.1 Å². The Morgan fingerprint density at radius 2 is 2.21 bits per heavy atom. The molecule has 0 amide bonds. The van der Waals surface area contributed by atoms with Crippen LogP contribution in [0, 0.1) is 5.82 Å². The third kappa shape index (κ3) is 2.31. The molecule has 0 aromatic heterocycles. The summed E-state index contributed by atoms with van der Waals surface area (Å²) in [5.41, 5.74) is 0.399. The minimum absolute atomic E-state index is 0.0251. The SMILES string of the molecule is CCC(=O)Cc1cccc(OC)c1F. The second-order valence-electron chi connectivity index (χ2n) is 3.00. The molecule has 76 valence electrons. The molecule has 1 aromatic carbocycles. The lowest BCUT2D eigenvalue weighted by molar-refractivity contribution is -0.118. The van der Waals surface area contributed by atoms with Crippen molar-refractivity contribution in [2.75, 3.05) is 7.11 Å². The highest BCUT2D eigenvalue weighted by atomic mass is 19.1. The molecule has 14 heavy (non-hydrogen) atoms. The molecule has 0 aliphatic carbocycles. The highest BCUT2D eigenvalue weighted by molar-refractivity contribution is 5.80. The first-order chi connectivity index (χ1) is 6.69. The Balaban J connectivity index is 2.92. The van der Waals surface area contributed by atoms with Gasteiger partial charge >= 0.3 is 0 Å². The van der Waals surface area contributed by atoms with Crippen molar-refractivity contribution >= 4 is 5.78 Å². The lowest BCUT2D eigenvalue weighted by Gasteiger charge is -2.05. The zero-order chi connectivity index (χ0) is 10.6. The van der Waals surface area contributed by atoms with Gasteiger partial charge in [0.05, 0.1) is 7.11 Å². The van der Waals surface area contributed by atoms with Crippen LogP contribution in [-0.4, -0.2) is 12.9 Å². The minimum Gasteiger partial charge on any atom is -0.494 e. The fourth-order valence-corrected chi connectivity index (χ4v) is 1.19. The predicted octanol–water partition coefficient (Wildman–Crippen LogP) is 2.36. The number of hydrogen-bond donors (Lipinski definition) is 0. The summed E-state index contributed by atoms with van der Waals surface area (Å²) < 4.78 is 18.3. The first kappa shape index (κ1) is 10.7. The molecular weight excluding hydrogens is 183 g/mol. The van der Waals surface area contributed by atoms with Crippen LogP contribution in [-0.2, 0) is 11.2 Å². The van der Waals surface area contributed by atoms with Crippen LogP contribution in [0.2, 0.25) is 0 Å². The average Bonchev–Trinajstić information content (AvgIpc) is 2.21. The van der Waals surface area contributed by atoms with Crippen LogP contribution in [0.15, 0.2) is 18.2 Å². The summed E-state index contributed by atoms with van der Waals surface area (Å²) in [7, 11) is 1.41. The molecule has 0 N–H and O–H groups in total. The van der Waals surface area contributed by atoms with Crippen LogP contribution in [0.1, 0.15) is 18.9 Å². The van der Waals surface area contributed by atoms with Crippen molar-refractivity contribution in [3.05, 3.63) is 29.6 Å². The van der Waals surface area contributed by atoms with E-state index in [4.69, 9.17) is 4.74 Å². The Morgan fingerprint density at radius 1 is 1.50 bits per heavy atom. The molecule has 0 fully saturated rings. The zero-order valence-corrected chi connectivity index (χ0v) is 8.34. The Hall–Kier alpha value is -1.38. The van der Waals surface area contributed by atoms with Gasteiger partial charge in [0, 0.05) is 12.8 Å². The van der Waals surface area contributed by atoms with E-state index in [1.807, 2.05) is 0 Å². The molecular formula is C11H13FO2. The summed E-state index contributed by atoms with van der Waals surface area (Å²) in [6, 6.07) is 4.82. The summed E-state index contributed by atoms with van der Waals surface area (Å²) in [5.74, 6) is -0.222. The third-order valence-electron chi connectivity index (χ3n) is 2.05. The molecule has 0 aliphatic heterocycles. The molecule has 0 saturated heterocycles. The van der Waals surface area contributed by atoms with Gasteiger partial charge in [-0.3, -0.25) is 4.79 Å². The molecule has 2 nitrogen and oxygen atoms in total. The van der Waals surface area contributed by atoms with E-state index in [0.717, 1.165) is 0 Å². The summed E-state index contributed by atoms with van der Waals surface area (Å²) >= 11 is 0.